The second-order valence-electron chi connectivity index (χ2n) is 7.54. The Hall–Kier alpha value is -2.49. The van der Waals surface area contributed by atoms with Crippen LogP contribution in [-0.4, -0.2) is 57.6 Å². The third-order valence-corrected chi connectivity index (χ3v) is 6.86. The van der Waals surface area contributed by atoms with Crippen LogP contribution in [-0.2, 0) is 26.2 Å². The Morgan fingerprint density at radius 2 is 1.74 bits per heavy atom. The van der Waals surface area contributed by atoms with Crippen LogP contribution < -0.4 is 14.4 Å². The van der Waals surface area contributed by atoms with Gasteiger partial charge in [-0.25, -0.2) is 8.42 Å². The number of anilines is 1. The number of nitrogens with one attached hydrogen (secondary N) is 1. The van der Waals surface area contributed by atoms with E-state index in [1.807, 2.05) is 0 Å². The average Bonchev–Trinajstić information content (AvgIpc) is 2.78. The lowest BCUT2D eigenvalue weighted by molar-refractivity contribution is -0.140. The molecule has 34 heavy (non-hydrogen) atoms. The van der Waals surface area contributed by atoms with Crippen molar-refractivity contribution in [3.8, 4) is 5.75 Å². The molecule has 0 bridgehead atoms. The summed E-state index contributed by atoms with van der Waals surface area (Å²) >= 11 is 12.3. The van der Waals surface area contributed by atoms with Crippen molar-refractivity contribution in [1.82, 2.24) is 10.2 Å². The molecule has 0 aliphatic heterocycles. The Morgan fingerprint density at radius 3 is 2.24 bits per heavy atom. The topological polar surface area (TPSA) is 96.0 Å². The van der Waals surface area contributed by atoms with E-state index in [1.54, 1.807) is 56.3 Å². The number of carbonyl (C=O) groups excluding carboxylic acids is 2. The number of amides is 2. The minimum atomic E-state index is -3.81. The highest BCUT2D eigenvalue weighted by Gasteiger charge is 2.32. The molecular formula is C23H29Cl2N3O5S. The van der Waals surface area contributed by atoms with Crippen molar-refractivity contribution in [2.45, 2.75) is 32.9 Å². The van der Waals surface area contributed by atoms with E-state index >= 15 is 0 Å². The first-order valence-corrected chi connectivity index (χ1v) is 13.2. The molecule has 0 aromatic heterocycles. The molecule has 186 valence electrons. The second kappa shape index (κ2) is 12.3. The minimum Gasteiger partial charge on any atom is -0.497 e. The molecule has 0 aliphatic carbocycles. The fourth-order valence-electron chi connectivity index (χ4n) is 3.41. The van der Waals surface area contributed by atoms with Gasteiger partial charge in [0.15, 0.2) is 0 Å². The van der Waals surface area contributed by atoms with Crippen LogP contribution in [0.25, 0.3) is 0 Å². The molecule has 0 aliphatic rings. The first kappa shape index (κ1) is 27.8. The predicted molar refractivity (Wildman–Crippen MR) is 135 cm³/mol. The van der Waals surface area contributed by atoms with E-state index in [2.05, 4.69) is 5.32 Å². The molecule has 1 N–H and O–H groups in total. The van der Waals surface area contributed by atoms with Gasteiger partial charge in [0.05, 0.1) is 19.1 Å². The summed E-state index contributed by atoms with van der Waals surface area (Å²) in [6.07, 6.45) is 1.34. The van der Waals surface area contributed by atoms with E-state index in [1.165, 1.54) is 12.0 Å². The maximum absolute atomic E-state index is 13.5. The first-order chi connectivity index (χ1) is 16.0. The van der Waals surface area contributed by atoms with Crippen LogP contribution in [0.15, 0.2) is 42.5 Å². The van der Waals surface area contributed by atoms with Gasteiger partial charge in [-0.1, -0.05) is 36.2 Å². The molecule has 2 aromatic carbocycles. The molecule has 0 spiro atoms. The van der Waals surface area contributed by atoms with Gasteiger partial charge in [0.1, 0.15) is 18.3 Å². The Balaban J connectivity index is 2.45. The molecule has 8 nitrogen and oxygen atoms in total. The molecule has 2 aromatic rings. The Labute approximate surface area is 210 Å². The number of carbonyl (C=O) groups is 2. The third-order valence-electron chi connectivity index (χ3n) is 5.13. The molecule has 0 saturated heterocycles. The molecule has 1 atom stereocenters. The van der Waals surface area contributed by atoms with Gasteiger partial charge in [-0.05, 0) is 55.3 Å². The van der Waals surface area contributed by atoms with Gasteiger partial charge >= 0.3 is 0 Å². The third kappa shape index (κ3) is 7.25. The number of sulfonamides is 1. The van der Waals surface area contributed by atoms with Crippen LogP contribution in [0.5, 0.6) is 5.75 Å². The molecule has 0 heterocycles. The Bertz CT molecular complexity index is 1110. The van der Waals surface area contributed by atoms with Gasteiger partial charge in [-0.15, -0.1) is 0 Å². The number of nitrogens with zero attached hydrogens (tertiary/aromatic N) is 2. The van der Waals surface area contributed by atoms with Gasteiger partial charge in [0, 0.05) is 23.1 Å². The number of hydrogen-bond acceptors (Lipinski definition) is 5. The fraction of sp³-hybridized carbons (Fsp3) is 0.391. The number of likely N-dealkylation sites (N-methyl/N-ethyl adjacent to an activating group) is 1. The summed E-state index contributed by atoms with van der Waals surface area (Å²) in [7, 11) is -2.32. The highest BCUT2D eigenvalue weighted by molar-refractivity contribution is 7.92. The van der Waals surface area contributed by atoms with E-state index in [4.69, 9.17) is 27.9 Å². The first-order valence-electron chi connectivity index (χ1n) is 10.6. The largest absolute Gasteiger partial charge is 0.497 e. The number of methoxy groups -OCH3 is 1. The molecule has 0 saturated carbocycles. The molecule has 0 unspecified atom stereocenters. The van der Waals surface area contributed by atoms with Crippen molar-refractivity contribution in [3.63, 3.8) is 0 Å². The lowest BCUT2D eigenvalue weighted by atomic mass is 10.1. The van der Waals surface area contributed by atoms with Crippen LogP contribution in [0.3, 0.4) is 0 Å². The van der Waals surface area contributed by atoms with Crippen molar-refractivity contribution >= 4 is 50.7 Å². The van der Waals surface area contributed by atoms with E-state index in [0.717, 1.165) is 10.6 Å². The number of ether oxygens (including phenoxy) is 1. The zero-order chi connectivity index (χ0) is 25.5. The van der Waals surface area contributed by atoms with E-state index in [0.29, 0.717) is 40.0 Å². The van der Waals surface area contributed by atoms with Crippen molar-refractivity contribution in [2.75, 3.05) is 30.8 Å². The fourth-order valence-corrected chi connectivity index (χ4v) is 4.73. The number of rotatable bonds is 11. The smallest absolute Gasteiger partial charge is 0.244 e. The summed E-state index contributed by atoms with van der Waals surface area (Å²) in [5.74, 6) is -0.339. The summed E-state index contributed by atoms with van der Waals surface area (Å²) in [4.78, 5) is 27.7. The molecule has 2 amide bonds. The number of halogens is 2. The quantitative estimate of drug-likeness (QED) is 0.478. The molecular weight excluding hydrogens is 501 g/mol. The Morgan fingerprint density at radius 1 is 1.09 bits per heavy atom. The summed E-state index contributed by atoms with van der Waals surface area (Å²) in [5, 5.41) is 3.51. The van der Waals surface area contributed by atoms with Gasteiger partial charge in [0.2, 0.25) is 21.8 Å². The van der Waals surface area contributed by atoms with Gasteiger partial charge in [-0.2, -0.15) is 0 Å². The van der Waals surface area contributed by atoms with Crippen LogP contribution in [0.2, 0.25) is 10.0 Å². The van der Waals surface area contributed by atoms with Crippen LogP contribution in [0.4, 0.5) is 5.69 Å². The van der Waals surface area contributed by atoms with Crippen molar-refractivity contribution in [3.05, 3.63) is 58.1 Å². The number of hydrogen-bond donors (Lipinski definition) is 1. The Kier molecular flexibility index (Phi) is 10.0. The second-order valence-corrected chi connectivity index (χ2v) is 10.3. The number of benzene rings is 2. The molecule has 11 heteroatoms. The van der Waals surface area contributed by atoms with E-state index in [-0.39, 0.29) is 12.5 Å². The van der Waals surface area contributed by atoms with Gasteiger partial charge < -0.3 is 15.0 Å². The van der Waals surface area contributed by atoms with Gasteiger partial charge in [0.25, 0.3) is 0 Å². The lowest BCUT2D eigenvalue weighted by Gasteiger charge is -2.33. The molecule has 0 fully saturated rings. The monoisotopic (exact) mass is 529 g/mol. The zero-order valence-electron chi connectivity index (χ0n) is 19.5. The summed E-state index contributed by atoms with van der Waals surface area (Å²) < 4.78 is 31.3. The SMILES string of the molecule is CCNC(=O)[C@@H](CC)N(Cc1ccc(Cl)cc1Cl)C(=O)CN(c1ccc(OC)cc1)S(C)(=O)=O. The average molecular weight is 530 g/mol. The van der Waals surface area contributed by atoms with Crippen LogP contribution in [0.1, 0.15) is 25.8 Å². The van der Waals surface area contributed by atoms with Crippen LogP contribution in [0, 0.1) is 0 Å². The van der Waals surface area contributed by atoms with Gasteiger partial charge in [-0.3, -0.25) is 13.9 Å². The predicted octanol–water partition coefficient (Wildman–Crippen LogP) is 3.71. The lowest BCUT2D eigenvalue weighted by Crippen LogP contribution is -2.52. The molecule has 2 rings (SSSR count). The maximum Gasteiger partial charge on any atom is 0.244 e. The van der Waals surface area contributed by atoms with Crippen molar-refractivity contribution in [2.24, 2.45) is 0 Å². The summed E-state index contributed by atoms with van der Waals surface area (Å²) in [5.41, 5.74) is 0.879. The van der Waals surface area contributed by atoms with Crippen LogP contribution >= 0.6 is 23.2 Å². The van der Waals surface area contributed by atoms with Crippen molar-refractivity contribution < 1.29 is 22.7 Å². The van der Waals surface area contributed by atoms with Crippen molar-refractivity contribution in [1.29, 1.82) is 0 Å². The maximum atomic E-state index is 13.5. The standard InChI is InChI=1S/C23H29Cl2N3O5S/c1-5-21(23(30)26-6-2)27(14-16-7-8-17(24)13-20(16)25)22(29)15-28(34(4,31)32)18-9-11-19(33-3)12-10-18/h7-13,21H,5-6,14-15H2,1-4H3,(H,26,30)/t21-/m1/s1. The summed E-state index contributed by atoms with van der Waals surface area (Å²) in [6.45, 7) is 3.46. The normalized spacial score (nSPS) is 12.1. The minimum absolute atomic E-state index is 0.00465. The highest BCUT2D eigenvalue weighted by atomic mass is 35.5. The van der Waals surface area contributed by atoms with E-state index < -0.39 is 28.5 Å². The van der Waals surface area contributed by atoms with E-state index in [9.17, 15) is 18.0 Å². The summed E-state index contributed by atoms with van der Waals surface area (Å²) in [6, 6.07) is 10.3. The zero-order valence-corrected chi connectivity index (χ0v) is 21.9. The molecule has 0 radical (unpaired) electrons. The highest BCUT2D eigenvalue weighted by Crippen LogP contribution is 2.25.